The highest BCUT2D eigenvalue weighted by Crippen LogP contribution is 2.15. The van der Waals surface area contributed by atoms with Crippen LogP contribution in [0.1, 0.15) is 58.3 Å². The Morgan fingerprint density at radius 1 is 0.917 bits per heavy atom. The normalized spacial score (nSPS) is 30.6. The Morgan fingerprint density at radius 2 is 1.58 bits per heavy atom. The fourth-order valence-electron chi connectivity index (χ4n) is 1.86. The third-order valence-corrected chi connectivity index (χ3v) is 2.74. The number of rotatable bonds is 0. The number of hydrogen-bond donors (Lipinski definition) is 0. The third kappa shape index (κ3) is 4.58. The summed E-state index contributed by atoms with van der Waals surface area (Å²) in [7, 11) is 0. The van der Waals surface area contributed by atoms with Crippen LogP contribution in [0, 0.1) is 5.92 Å². The van der Waals surface area contributed by atoms with E-state index in [1.807, 2.05) is 0 Å². The Bertz CT molecular complexity index is 124. The molecule has 0 saturated carbocycles. The molecule has 0 heteroatoms. The van der Waals surface area contributed by atoms with E-state index in [0.717, 1.165) is 5.92 Å². The van der Waals surface area contributed by atoms with Gasteiger partial charge in [0.1, 0.15) is 0 Å². The average molecular weight is 166 g/mol. The standard InChI is InChI=1S/C12H22/c1-12-10-8-6-4-2-3-5-7-9-11-12/h8,10,12H,2-7,9,11H2,1H3/b10-8-. The lowest BCUT2D eigenvalue weighted by Crippen LogP contribution is -1.88. The van der Waals surface area contributed by atoms with Gasteiger partial charge in [0.05, 0.1) is 0 Å². The summed E-state index contributed by atoms with van der Waals surface area (Å²) in [5, 5.41) is 0. The average Bonchev–Trinajstić information content (AvgIpc) is 2.11. The monoisotopic (exact) mass is 166 g/mol. The zero-order valence-electron chi connectivity index (χ0n) is 8.39. The molecule has 1 aliphatic carbocycles. The lowest BCUT2D eigenvalue weighted by atomic mass is 10.0. The summed E-state index contributed by atoms with van der Waals surface area (Å²) in [6.07, 6.45) is 16.2. The van der Waals surface area contributed by atoms with Crippen LogP contribution in [-0.2, 0) is 0 Å². The second kappa shape index (κ2) is 6.28. The molecule has 0 amide bonds. The molecule has 1 atom stereocenters. The molecule has 1 aliphatic rings. The zero-order valence-corrected chi connectivity index (χ0v) is 8.39. The summed E-state index contributed by atoms with van der Waals surface area (Å²) in [5.74, 6) is 0.822. The van der Waals surface area contributed by atoms with Crippen LogP contribution >= 0.6 is 0 Å². The summed E-state index contributed by atoms with van der Waals surface area (Å²) in [6.45, 7) is 2.34. The SMILES string of the molecule is CC1/C=C\CCCCCCCC1. The molecule has 0 aromatic heterocycles. The summed E-state index contributed by atoms with van der Waals surface area (Å²) in [4.78, 5) is 0. The van der Waals surface area contributed by atoms with Gasteiger partial charge in [-0.3, -0.25) is 0 Å². The highest BCUT2D eigenvalue weighted by Gasteiger charge is 1.98. The molecule has 0 aromatic rings. The molecular formula is C12H22. The van der Waals surface area contributed by atoms with Crippen LogP contribution in [-0.4, -0.2) is 0 Å². The molecule has 0 bridgehead atoms. The number of hydrogen-bond acceptors (Lipinski definition) is 0. The van der Waals surface area contributed by atoms with E-state index in [4.69, 9.17) is 0 Å². The maximum atomic E-state index is 2.41. The topological polar surface area (TPSA) is 0 Å². The maximum Gasteiger partial charge on any atom is -0.0262 e. The van der Waals surface area contributed by atoms with E-state index in [2.05, 4.69) is 19.1 Å². The predicted molar refractivity (Wildman–Crippen MR) is 55.2 cm³/mol. The second-order valence-corrected chi connectivity index (χ2v) is 4.10. The van der Waals surface area contributed by atoms with Gasteiger partial charge in [0, 0.05) is 0 Å². The lowest BCUT2D eigenvalue weighted by Gasteiger charge is -2.04. The quantitative estimate of drug-likeness (QED) is 0.470. The molecule has 0 spiro atoms. The molecule has 1 rings (SSSR count). The molecule has 0 nitrogen and oxygen atoms in total. The lowest BCUT2D eigenvalue weighted by molar-refractivity contribution is 0.546. The van der Waals surface area contributed by atoms with Crippen molar-refractivity contribution in [3.05, 3.63) is 12.2 Å². The van der Waals surface area contributed by atoms with E-state index in [9.17, 15) is 0 Å². The van der Waals surface area contributed by atoms with E-state index >= 15 is 0 Å². The first-order chi connectivity index (χ1) is 5.89. The minimum absolute atomic E-state index is 0.822. The van der Waals surface area contributed by atoms with Gasteiger partial charge in [0.15, 0.2) is 0 Å². The van der Waals surface area contributed by atoms with Gasteiger partial charge < -0.3 is 0 Å². The van der Waals surface area contributed by atoms with Crippen molar-refractivity contribution in [1.29, 1.82) is 0 Å². The zero-order chi connectivity index (χ0) is 8.65. The van der Waals surface area contributed by atoms with Crippen molar-refractivity contribution in [2.45, 2.75) is 58.3 Å². The molecule has 12 heavy (non-hydrogen) atoms. The Balaban J connectivity index is 2.24. The van der Waals surface area contributed by atoms with Crippen molar-refractivity contribution in [3.8, 4) is 0 Å². The first kappa shape index (κ1) is 9.83. The van der Waals surface area contributed by atoms with Gasteiger partial charge in [-0.2, -0.15) is 0 Å². The first-order valence-electron chi connectivity index (χ1n) is 5.56. The van der Waals surface area contributed by atoms with Gasteiger partial charge in [-0.1, -0.05) is 51.2 Å². The van der Waals surface area contributed by atoms with Crippen molar-refractivity contribution in [1.82, 2.24) is 0 Å². The summed E-state index contributed by atoms with van der Waals surface area (Å²) in [6, 6.07) is 0. The van der Waals surface area contributed by atoms with Crippen molar-refractivity contribution in [2.24, 2.45) is 5.92 Å². The Morgan fingerprint density at radius 3 is 2.42 bits per heavy atom. The Hall–Kier alpha value is -0.260. The van der Waals surface area contributed by atoms with Crippen molar-refractivity contribution in [2.75, 3.05) is 0 Å². The predicted octanol–water partition coefficient (Wildman–Crippen LogP) is 4.31. The summed E-state index contributed by atoms with van der Waals surface area (Å²) >= 11 is 0. The summed E-state index contributed by atoms with van der Waals surface area (Å²) in [5.41, 5.74) is 0. The highest BCUT2D eigenvalue weighted by molar-refractivity contribution is 4.86. The van der Waals surface area contributed by atoms with Crippen LogP contribution in [0.2, 0.25) is 0 Å². The van der Waals surface area contributed by atoms with E-state index in [0.29, 0.717) is 0 Å². The van der Waals surface area contributed by atoms with Gasteiger partial charge in [-0.25, -0.2) is 0 Å². The number of allylic oxidation sites excluding steroid dienone is 2. The molecular weight excluding hydrogens is 144 g/mol. The minimum Gasteiger partial charge on any atom is -0.0883 e. The van der Waals surface area contributed by atoms with Gasteiger partial charge >= 0.3 is 0 Å². The molecule has 0 radical (unpaired) electrons. The van der Waals surface area contributed by atoms with Crippen LogP contribution in [0.5, 0.6) is 0 Å². The first-order valence-corrected chi connectivity index (χ1v) is 5.56. The van der Waals surface area contributed by atoms with Gasteiger partial charge in [0.2, 0.25) is 0 Å². The molecule has 0 fully saturated rings. The van der Waals surface area contributed by atoms with Crippen LogP contribution in [0.4, 0.5) is 0 Å². The fourth-order valence-corrected chi connectivity index (χ4v) is 1.86. The van der Waals surface area contributed by atoms with Crippen LogP contribution in [0.25, 0.3) is 0 Å². The molecule has 0 aromatic carbocycles. The van der Waals surface area contributed by atoms with Crippen LogP contribution in [0.15, 0.2) is 12.2 Å². The second-order valence-electron chi connectivity index (χ2n) is 4.10. The van der Waals surface area contributed by atoms with Gasteiger partial charge in [-0.05, 0) is 25.2 Å². The van der Waals surface area contributed by atoms with Crippen molar-refractivity contribution >= 4 is 0 Å². The Labute approximate surface area is 77.1 Å². The molecule has 0 aliphatic heterocycles. The van der Waals surface area contributed by atoms with Gasteiger partial charge in [-0.15, -0.1) is 0 Å². The van der Waals surface area contributed by atoms with Crippen LogP contribution < -0.4 is 0 Å². The molecule has 0 heterocycles. The van der Waals surface area contributed by atoms with E-state index < -0.39 is 0 Å². The van der Waals surface area contributed by atoms with Crippen LogP contribution in [0.3, 0.4) is 0 Å². The maximum absolute atomic E-state index is 2.41. The van der Waals surface area contributed by atoms with Crippen molar-refractivity contribution in [3.63, 3.8) is 0 Å². The smallest absolute Gasteiger partial charge is 0.0262 e. The summed E-state index contributed by atoms with van der Waals surface area (Å²) < 4.78 is 0. The molecule has 1 unspecified atom stereocenters. The molecule has 0 N–H and O–H groups in total. The van der Waals surface area contributed by atoms with Crippen molar-refractivity contribution < 1.29 is 0 Å². The largest absolute Gasteiger partial charge is 0.0883 e. The fraction of sp³-hybridized carbons (Fsp3) is 0.833. The van der Waals surface area contributed by atoms with Gasteiger partial charge in [0.25, 0.3) is 0 Å². The molecule has 70 valence electrons. The molecule has 0 saturated heterocycles. The van der Waals surface area contributed by atoms with E-state index in [-0.39, 0.29) is 0 Å². The Kier molecular flexibility index (Phi) is 5.14. The minimum atomic E-state index is 0.822. The van der Waals surface area contributed by atoms with E-state index in [1.165, 1.54) is 51.4 Å². The van der Waals surface area contributed by atoms with E-state index in [1.54, 1.807) is 0 Å². The third-order valence-electron chi connectivity index (χ3n) is 2.74. The highest BCUT2D eigenvalue weighted by atomic mass is 14.0.